The van der Waals surface area contributed by atoms with Crippen LogP contribution < -0.4 is 5.32 Å². The molecule has 1 aliphatic heterocycles. The van der Waals surface area contributed by atoms with Crippen LogP contribution in [0.5, 0.6) is 0 Å². The van der Waals surface area contributed by atoms with E-state index in [1.807, 2.05) is 0 Å². The Morgan fingerprint density at radius 3 is 2.58 bits per heavy atom. The lowest BCUT2D eigenvalue weighted by atomic mass is 9.88. The van der Waals surface area contributed by atoms with E-state index in [1.165, 1.54) is 0 Å². The summed E-state index contributed by atoms with van der Waals surface area (Å²) in [5.74, 6) is -1.64. The number of esters is 1. The molecule has 1 aliphatic carbocycles. The Morgan fingerprint density at radius 1 is 1.16 bits per heavy atom. The maximum absolute atomic E-state index is 13.0. The van der Waals surface area contributed by atoms with Crippen LogP contribution in [0.3, 0.4) is 0 Å². The summed E-state index contributed by atoms with van der Waals surface area (Å²) in [7, 11) is 0. The third-order valence-electron chi connectivity index (χ3n) is 3.83. The number of hydrogen-bond acceptors (Lipinski definition) is 3. The zero-order valence-electron chi connectivity index (χ0n) is 10.4. The Balaban J connectivity index is 1.67. The van der Waals surface area contributed by atoms with E-state index < -0.39 is 17.6 Å². The minimum atomic E-state index is -0.766. The van der Waals surface area contributed by atoms with Gasteiger partial charge in [-0.15, -0.1) is 0 Å². The number of carbonyl (C=O) groups excluding carboxylic acids is 1. The minimum Gasteiger partial charge on any atom is -0.459 e. The fraction of sp³-hybridized carbons (Fsp3) is 0.500. The number of benzene rings is 1. The van der Waals surface area contributed by atoms with Crippen molar-refractivity contribution in [1.82, 2.24) is 5.32 Å². The molecule has 3 atom stereocenters. The van der Waals surface area contributed by atoms with Crippen LogP contribution in [0, 0.1) is 17.6 Å². The van der Waals surface area contributed by atoms with Crippen molar-refractivity contribution in [2.45, 2.75) is 31.4 Å². The largest absolute Gasteiger partial charge is 0.459 e. The van der Waals surface area contributed by atoms with Gasteiger partial charge in [-0.1, -0.05) is 0 Å². The number of ether oxygens (including phenoxy) is 1. The summed E-state index contributed by atoms with van der Waals surface area (Å²) >= 11 is 0. The molecule has 1 N–H and O–H groups in total. The quantitative estimate of drug-likeness (QED) is 0.835. The van der Waals surface area contributed by atoms with Crippen molar-refractivity contribution in [2.75, 3.05) is 6.54 Å². The number of halogens is 2. The van der Waals surface area contributed by atoms with Crippen LogP contribution in [-0.4, -0.2) is 24.7 Å². The Labute approximate surface area is 109 Å². The van der Waals surface area contributed by atoms with Crippen LogP contribution >= 0.6 is 0 Å². The van der Waals surface area contributed by atoms with Crippen LogP contribution in [0.25, 0.3) is 0 Å². The second-order valence-electron chi connectivity index (χ2n) is 5.36. The van der Waals surface area contributed by atoms with Crippen LogP contribution in [0.15, 0.2) is 18.2 Å². The van der Waals surface area contributed by atoms with E-state index in [4.69, 9.17) is 4.74 Å². The normalized spacial score (nSPS) is 29.3. The molecule has 1 saturated carbocycles. The summed E-state index contributed by atoms with van der Waals surface area (Å²) in [6.07, 6.45) is 2.58. The smallest absolute Gasteiger partial charge is 0.338 e. The lowest BCUT2D eigenvalue weighted by Crippen LogP contribution is -2.31. The zero-order chi connectivity index (χ0) is 13.4. The molecule has 3 unspecified atom stereocenters. The first-order chi connectivity index (χ1) is 9.10. The average molecular weight is 267 g/mol. The van der Waals surface area contributed by atoms with Gasteiger partial charge < -0.3 is 10.1 Å². The highest BCUT2D eigenvalue weighted by Crippen LogP contribution is 2.31. The summed E-state index contributed by atoms with van der Waals surface area (Å²) in [6.45, 7) is 0.966. The highest BCUT2D eigenvalue weighted by atomic mass is 19.1. The van der Waals surface area contributed by atoms with Gasteiger partial charge in [-0.05, 0) is 43.9 Å². The minimum absolute atomic E-state index is 0.0663. The second-order valence-corrected chi connectivity index (χ2v) is 5.36. The third kappa shape index (κ3) is 2.76. The van der Waals surface area contributed by atoms with Crippen molar-refractivity contribution in [3.63, 3.8) is 0 Å². The van der Waals surface area contributed by atoms with Crippen LogP contribution in [0.1, 0.15) is 29.6 Å². The van der Waals surface area contributed by atoms with Gasteiger partial charge in [0.05, 0.1) is 5.56 Å². The van der Waals surface area contributed by atoms with Crippen molar-refractivity contribution in [3.8, 4) is 0 Å². The second kappa shape index (κ2) is 4.89. The lowest BCUT2D eigenvalue weighted by Gasteiger charge is -2.26. The molecule has 5 heteroatoms. The molecule has 1 saturated heterocycles. The maximum Gasteiger partial charge on any atom is 0.338 e. The number of fused-ring (bicyclic) bond motifs is 2. The average Bonchev–Trinajstić information content (AvgIpc) is 2.67. The number of hydrogen-bond donors (Lipinski definition) is 1. The molecule has 2 aliphatic rings. The number of carbonyl (C=O) groups is 1. The van der Waals surface area contributed by atoms with E-state index in [0.717, 1.165) is 44.0 Å². The van der Waals surface area contributed by atoms with Gasteiger partial charge in [0.15, 0.2) is 0 Å². The molecule has 0 aromatic heterocycles. The highest BCUT2D eigenvalue weighted by molar-refractivity contribution is 5.89. The Kier molecular flexibility index (Phi) is 3.22. The topological polar surface area (TPSA) is 38.3 Å². The molecule has 1 heterocycles. The fourth-order valence-electron chi connectivity index (χ4n) is 3.03. The third-order valence-corrected chi connectivity index (χ3v) is 3.83. The lowest BCUT2D eigenvalue weighted by molar-refractivity contribution is 0.0166. The van der Waals surface area contributed by atoms with Crippen molar-refractivity contribution in [1.29, 1.82) is 0 Å². The van der Waals surface area contributed by atoms with Crippen molar-refractivity contribution < 1.29 is 18.3 Å². The predicted molar refractivity (Wildman–Crippen MR) is 64.7 cm³/mol. The molecule has 0 spiro atoms. The van der Waals surface area contributed by atoms with Crippen LogP contribution in [-0.2, 0) is 4.74 Å². The summed E-state index contributed by atoms with van der Waals surface area (Å²) in [5.41, 5.74) is -0.0663. The van der Waals surface area contributed by atoms with E-state index in [-0.39, 0.29) is 11.7 Å². The molecular weight excluding hydrogens is 252 g/mol. The molecule has 1 aromatic rings. The summed E-state index contributed by atoms with van der Waals surface area (Å²) in [4.78, 5) is 11.9. The first-order valence-electron chi connectivity index (χ1n) is 6.50. The van der Waals surface area contributed by atoms with Gasteiger partial charge in [0.2, 0.25) is 0 Å². The molecular formula is C14H15F2NO2. The molecule has 19 heavy (non-hydrogen) atoms. The SMILES string of the molecule is O=C(OC1CC2CNC(C2)C1)c1cc(F)cc(F)c1. The molecule has 102 valence electrons. The van der Waals surface area contributed by atoms with E-state index in [9.17, 15) is 13.6 Å². The van der Waals surface area contributed by atoms with Gasteiger partial charge >= 0.3 is 5.97 Å². The molecule has 0 radical (unpaired) electrons. The number of rotatable bonds is 2. The fourth-order valence-corrected chi connectivity index (χ4v) is 3.03. The summed E-state index contributed by atoms with van der Waals surface area (Å²) < 4.78 is 31.4. The summed E-state index contributed by atoms with van der Waals surface area (Å²) in [6, 6.07) is 3.14. The van der Waals surface area contributed by atoms with Gasteiger partial charge in [-0.2, -0.15) is 0 Å². The predicted octanol–water partition coefficient (Wildman–Crippen LogP) is 2.26. The summed E-state index contributed by atoms with van der Waals surface area (Å²) in [5, 5.41) is 3.37. The Hall–Kier alpha value is -1.49. The Morgan fingerprint density at radius 2 is 1.89 bits per heavy atom. The van der Waals surface area contributed by atoms with E-state index in [1.54, 1.807) is 0 Å². The number of nitrogens with one attached hydrogen (secondary N) is 1. The van der Waals surface area contributed by atoms with Crippen molar-refractivity contribution >= 4 is 5.97 Å². The van der Waals surface area contributed by atoms with Gasteiger partial charge in [0, 0.05) is 12.1 Å². The monoisotopic (exact) mass is 267 g/mol. The molecule has 0 amide bonds. The molecule has 3 rings (SSSR count). The van der Waals surface area contributed by atoms with Crippen LogP contribution in [0.4, 0.5) is 8.78 Å². The van der Waals surface area contributed by atoms with Crippen LogP contribution in [0.2, 0.25) is 0 Å². The van der Waals surface area contributed by atoms with Gasteiger partial charge in [-0.25, -0.2) is 13.6 Å². The van der Waals surface area contributed by atoms with E-state index in [2.05, 4.69) is 5.32 Å². The first kappa shape index (κ1) is 12.5. The molecule has 3 nitrogen and oxygen atoms in total. The van der Waals surface area contributed by atoms with E-state index >= 15 is 0 Å². The van der Waals surface area contributed by atoms with Crippen molar-refractivity contribution in [3.05, 3.63) is 35.4 Å². The Bertz CT molecular complexity index is 474. The maximum atomic E-state index is 13.0. The van der Waals surface area contributed by atoms with E-state index in [0.29, 0.717) is 12.0 Å². The van der Waals surface area contributed by atoms with Crippen molar-refractivity contribution in [2.24, 2.45) is 5.92 Å². The standard InChI is InChI=1S/C14H15F2NO2/c15-10-3-9(4-11(16)5-10)14(18)19-13-2-8-1-12(6-13)17-7-8/h3-5,8,12-13,17H,1-2,6-7H2. The van der Waals surface area contributed by atoms with Gasteiger partial charge in [-0.3, -0.25) is 0 Å². The highest BCUT2D eigenvalue weighted by Gasteiger charge is 2.35. The van der Waals surface area contributed by atoms with Gasteiger partial charge in [0.25, 0.3) is 0 Å². The first-order valence-corrected chi connectivity index (χ1v) is 6.50. The molecule has 1 aromatic carbocycles. The molecule has 2 bridgehead atoms. The van der Waals surface area contributed by atoms with Gasteiger partial charge in [0.1, 0.15) is 17.7 Å². The zero-order valence-corrected chi connectivity index (χ0v) is 10.4. The molecule has 2 fully saturated rings.